The van der Waals surface area contributed by atoms with E-state index in [2.05, 4.69) is 10.3 Å². The lowest BCUT2D eigenvalue weighted by Crippen LogP contribution is -2.68. The monoisotopic (exact) mass is 502 g/mol. The molecule has 0 saturated carbocycles. The molecule has 5 N–H and O–H groups in total. The first-order chi connectivity index (χ1) is 15.8. The van der Waals surface area contributed by atoms with Crippen LogP contribution < -0.4 is 11.1 Å². The Hall–Kier alpha value is -3.68. The number of hydrogen-bond donors (Lipinski definition) is 4. The van der Waals surface area contributed by atoms with E-state index in [0.29, 0.717) is 18.0 Å². The van der Waals surface area contributed by atoms with Crippen LogP contribution in [0.2, 0.25) is 0 Å². The number of urea groups is 1. The van der Waals surface area contributed by atoms with E-state index in [4.69, 9.17) is 15.6 Å². The molecule has 1 aliphatic rings. The summed E-state index contributed by atoms with van der Waals surface area (Å²) in [4.78, 5) is 51.0. The number of alkyl halides is 3. The van der Waals surface area contributed by atoms with Gasteiger partial charge in [-0.1, -0.05) is 30.3 Å². The number of amides is 3. The zero-order chi connectivity index (χ0) is 25.6. The maximum absolute atomic E-state index is 12.5. The van der Waals surface area contributed by atoms with Gasteiger partial charge in [-0.3, -0.25) is 4.79 Å². The number of nitrogens with one attached hydrogen (secondary N) is 1. The summed E-state index contributed by atoms with van der Waals surface area (Å²) < 4.78 is 31.7. The topological polar surface area (TPSA) is 163 Å². The molecule has 3 rings (SSSR count). The maximum atomic E-state index is 12.5. The molecule has 3 amide bonds. The quantitative estimate of drug-likeness (QED) is 0.438. The first kappa shape index (κ1) is 26.6. The number of thiazole rings is 1. The van der Waals surface area contributed by atoms with Crippen LogP contribution in [-0.2, 0) is 20.8 Å². The molecule has 1 saturated heterocycles. The SMILES string of the molecule is C[C@@H](NC(=O)N1C(=O)[C@H](CCc2cnc(N)s2)[C@H]1C(=O)O)c1ccccc1.O=C(O)C(F)(F)F. The lowest BCUT2D eigenvalue weighted by molar-refractivity contribution is -0.192. The second-order valence-electron chi connectivity index (χ2n) is 7.19. The Morgan fingerprint density at radius 3 is 2.29 bits per heavy atom. The molecular weight excluding hydrogens is 481 g/mol. The number of aliphatic carboxylic acids is 2. The van der Waals surface area contributed by atoms with Gasteiger partial charge in [0.05, 0.1) is 12.0 Å². The van der Waals surface area contributed by atoms with Crippen molar-refractivity contribution < 1.29 is 42.6 Å². The van der Waals surface area contributed by atoms with E-state index in [-0.39, 0.29) is 6.04 Å². The van der Waals surface area contributed by atoms with Crippen molar-refractivity contribution in [3.05, 3.63) is 47.0 Å². The first-order valence-corrected chi connectivity index (χ1v) is 10.6. The van der Waals surface area contributed by atoms with Gasteiger partial charge >= 0.3 is 24.1 Å². The maximum Gasteiger partial charge on any atom is 0.490 e. The minimum atomic E-state index is -5.08. The van der Waals surface area contributed by atoms with Crippen LogP contribution in [0.3, 0.4) is 0 Å². The predicted molar refractivity (Wildman–Crippen MR) is 114 cm³/mol. The van der Waals surface area contributed by atoms with E-state index >= 15 is 0 Å². The van der Waals surface area contributed by atoms with Crippen molar-refractivity contribution >= 4 is 40.3 Å². The highest BCUT2D eigenvalue weighted by Crippen LogP contribution is 2.32. The van der Waals surface area contributed by atoms with Gasteiger partial charge in [0.25, 0.3) is 0 Å². The number of carbonyl (C=O) groups is 4. The average molecular weight is 502 g/mol. The van der Waals surface area contributed by atoms with Crippen molar-refractivity contribution in [3.8, 4) is 0 Å². The number of benzene rings is 1. The van der Waals surface area contributed by atoms with Crippen LogP contribution in [0.4, 0.5) is 23.1 Å². The molecule has 1 fully saturated rings. The van der Waals surface area contributed by atoms with Crippen LogP contribution in [0.15, 0.2) is 36.5 Å². The van der Waals surface area contributed by atoms with Crippen molar-refractivity contribution in [1.82, 2.24) is 15.2 Å². The standard InChI is InChI=1S/C18H20N4O4S.C2HF3O2/c1-10(11-5-3-2-4-6-11)21-18(26)22-14(16(24)25)13(15(22)23)8-7-12-9-20-17(19)27-12;3-2(4,5)1(6)7/h2-6,9-10,13-14H,7-8H2,1H3,(H2,19,20)(H,21,26)(H,24,25);(H,6,7)/t10-,13-,14+;/m1./s1. The Kier molecular flexibility index (Phi) is 8.57. The molecule has 1 aliphatic heterocycles. The van der Waals surface area contributed by atoms with Crippen molar-refractivity contribution in [2.45, 2.75) is 38.0 Å². The minimum Gasteiger partial charge on any atom is -0.480 e. The van der Waals surface area contributed by atoms with Gasteiger partial charge in [-0.25, -0.2) is 24.3 Å². The fourth-order valence-electron chi connectivity index (χ4n) is 3.15. The van der Waals surface area contributed by atoms with E-state index in [1.165, 1.54) is 11.3 Å². The average Bonchev–Trinajstić information content (AvgIpc) is 3.17. The molecule has 0 radical (unpaired) electrons. The second-order valence-corrected chi connectivity index (χ2v) is 8.33. The van der Waals surface area contributed by atoms with Gasteiger partial charge in [0.15, 0.2) is 11.2 Å². The molecule has 184 valence electrons. The highest BCUT2D eigenvalue weighted by molar-refractivity contribution is 7.15. The Morgan fingerprint density at radius 1 is 1.24 bits per heavy atom. The summed E-state index contributed by atoms with van der Waals surface area (Å²) in [5.74, 6) is -5.15. The number of aromatic nitrogens is 1. The van der Waals surface area contributed by atoms with Gasteiger partial charge in [0, 0.05) is 11.1 Å². The number of imide groups is 1. The zero-order valence-electron chi connectivity index (χ0n) is 17.7. The molecule has 1 aromatic heterocycles. The number of aryl methyl sites for hydroxylation is 1. The number of rotatable bonds is 6. The molecule has 3 atom stereocenters. The smallest absolute Gasteiger partial charge is 0.480 e. The summed E-state index contributed by atoms with van der Waals surface area (Å²) in [6.07, 6.45) is -2.65. The molecule has 34 heavy (non-hydrogen) atoms. The molecule has 2 aromatic rings. The number of hydrogen-bond acceptors (Lipinski definition) is 7. The molecule has 1 aromatic carbocycles. The van der Waals surface area contributed by atoms with Crippen LogP contribution >= 0.6 is 11.3 Å². The fraction of sp³-hybridized carbons (Fsp3) is 0.350. The summed E-state index contributed by atoms with van der Waals surface area (Å²) in [5, 5.41) is 19.7. The Morgan fingerprint density at radius 2 is 1.82 bits per heavy atom. The van der Waals surface area contributed by atoms with E-state index < -0.39 is 42.0 Å². The third-order valence-electron chi connectivity index (χ3n) is 4.84. The zero-order valence-corrected chi connectivity index (χ0v) is 18.5. The van der Waals surface area contributed by atoms with Crippen LogP contribution in [0.1, 0.15) is 29.8 Å². The van der Waals surface area contributed by atoms with Gasteiger partial charge in [0.2, 0.25) is 5.91 Å². The number of anilines is 1. The number of nitrogens with two attached hydrogens (primary N) is 1. The van der Waals surface area contributed by atoms with Gasteiger partial charge in [-0.05, 0) is 25.3 Å². The van der Waals surface area contributed by atoms with Gasteiger partial charge in [-0.15, -0.1) is 11.3 Å². The first-order valence-electron chi connectivity index (χ1n) is 9.74. The van der Waals surface area contributed by atoms with Crippen LogP contribution in [0, 0.1) is 5.92 Å². The fourth-order valence-corrected chi connectivity index (χ4v) is 3.85. The predicted octanol–water partition coefficient (Wildman–Crippen LogP) is 2.67. The number of likely N-dealkylation sites (tertiary alicyclic amines) is 1. The van der Waals surface area contributed by atoms with Gasteiger partial charge < -0.3 is 21.3 Å². The molecule has 0 bridgehead atoms. The van der Waals surface area contributed by atoms with Crippen LogP contribution in [0.5, 0.6) is 0 Å². The Balaban J connectivity index is 0.000000509. The number of nitrogens with zero attached hydrogens (tertiary/aromatic N) is 2. The third-order valence-corrected chi connectivity index (χ3v) is 5.73. The minimum absolute atomic E-state index is 0.329. The van der Waals surface area contributed by atoms with E-state index in [0.717, 1.165) is 15.3 Å². The van der Waals surface area contributed by atoms with E-state index in [9.17, 15) is 32.7 Å². The molecule has 0 aliphatic carbocycles. The highest BCUT2D eigenvalue weighted by Gasteiger charge is 2.54. The lowest BCUT2D eigenvalue weighted by Gasteiger charge is -2.43. The number of carboxylic acid groups (broad SMARTS) is 2. The molecule has 0 spiro atoms. The van der Waals surface area contributed by atoms with Crippen molar-refractivity contribution in [1.29, 1.82) is 0 Å². The summed E-state index contributed by atoms with van der Waals surface area (Å²) in [7, 11) is 0. The largest absolute Gasteiger partial charge is 0.490 e. The molecular formula is C20H21F3N4O6S. The molecule has 2 heterocycles. The third kappa shape index (κ3) is 6.66. The number of β-lactam (4-membered cyclic amide) rings is 1. The van der Waals surface area contributed by atoms with Crippen molar-refractivity contribution in [3.63, 3.8) is 0 Å². The van der Waals surface area contributed by atoms with Gasteiger partial charge in [0.1, 0.15) is 0 Å². The second kappa shape index (κ2) is 11.0. The molecule has 10 nitrogen and oxygen atoms in total. The lowest BCUT2D eigenvalue weighted by atomic mass is 9.83. The van der Waals surface area contributed by atoms with Crippen LogP contribution in [0.25, 0.3) is 0 Å². The Bertz CT molecular complexity index is 1050. The number of halogens is 3. The number of nitrogen functional groups attached to an aromatic ring is 1. The summed E-state index contributed by atoms with van der Waals surface area (Å²) in [5.41, 5.74) is 6.44. The summed E-state index contributed by atoms with van der Waals surface area (Å²) >= 11 is 1.30. The van der Waals surface area contributed by atoms with Crippen molar-refractivity contribution in [2.75, 3.05) is 5.73 Å². The number of carbonyl (C=O) groups excluding carboxylic acids is 2. The summed E-state index contributed by atoms with van der Waals surface area (Å²) in [6, 6.07) is 7.04. The van der Waals surface area contributed by atoms with E-state index in [1.54, 1.807) is 13.1 Å². The van der Waals surface area contributed by atoms with Crippen molar-refractivity contribution in [2.24, 2.45) is 5.92 Å². The normalized spacial score (nSPS) is 18.2. The van der Waals surface area contributed by atoms with Crippen LogP contribution in [-0.4, -0.2) is 56.2 Å². The summed E-state index contributed by atoms with van der Waals surface area (Å²) in [6.45, 7) is 1.78. The van der Waals surface area contributed by atoms with Gasteiger partial charge in [-0.2, -0.15) is 13.2 Å². The molecule has 0 unspecified atom stereocenters. The molecule has 14 heteroatoms. The highest BCUT2D eigenvalue weighted by atomic mass is 32.1. The Labute approximate surface area is 195 Å². The number of carboxylic acids is 2. The van der Waals surface area contributed by atoms with E-state index in [1.807, 2.05) is 30.3 Å².